The van der Waals surface area contributed by atoms with Crippen molar-refractivity contribution in [1.82, 2.24) is 15.1 Å². The van der Waals surface area contributed by atoms with Gasteiger partial charge in [0.2, 0.25) is 5.91 Å². The minimum absolute atomic E-state index is 0.262. The summed E-state index contributed by atoms with van der Waals surface area (Å²) in [4.78, 5) is 16.3. The quantitative estimate of drug-likeness (QED) is 0.726. The predicted molar refractivity (Wildman–Crippen MR) is 80.3 cm³/mol. The topological polar surface area (TPSA) is 35.6 Å². The first-order chi connectivity index (χ1) is 9.17. The van der Waals surface area contributed by atoms with Gasteiger partial charge in [-0.3, -0.25) is 4.79 Å². The smallest absolute Gasteiger partial charge is 0.236 e. The largest absolute Gasteiger partial charge is 0.339 e. The molecule has 1 fully saturated rings. The van der Waals surface area contributed by atoms with Crippen molar-refractivity contribution in [3.05, 3.63) is 0 Å². The average molecular weight is 269 g/mol. The summed E-state index contributed by atoms with van der Waals surface area (Å²) in [6.07, 6.45) is 5.04. The van der Waals surface area contributed by atoms with E-state index in [0.717, 1.165) is 38.6 Å². The second-order valence-corrected chi connectivity index (χ2v) is 5.73. The van der Waals surface area contributed by atoms with Crippen LogP contribution in [0, 0.1) is 5.92 Å². The van der Waals surface area contributed by atoms with Crippen LogP contribution < -0.4 is 5.32 Å². The number of nitrogens with one attached hydrogen (secondary N) is 1. The van der Waals surface area contributed by atoms with E-state index < -0.39 is 0 Å². The molecule has 1 atom stereocenters. The Kier molecular flexibility index (Phi) is 8.07. The molecule has 112 valence electrons. The molecular formula is C15H31N3O. The SMILES string of the molecule is CCCCC(CC)CNCC(=O)N1CCN(C)CC1. The third-order valence-corrected chi connectivity index (χ3v) is 4.11. The summed E-state index contributed by atoms with van der Waals surface area (Å²) in [6, 6.07) is 0. The first-order valence-electron chi connectivity index (χ1n) is 7.84. The number of hydrogen-bond donors (Lipinski definition) is 1. The fraction of sp³-hybridized carbons (Fsp3) is 0.933. The zero-order valence-electron chi connectivity index (χ0n) is 13.0. The molecule has 0 bridgehead atoms. The van der Waals surface area contributed by atoms with Gasteiger partial charge in [-0.05, 0) is 25.9 Å². The third kappa shape index (κ3) is 6.39. The number of amides is 1. The second-order valence-electron chi connectivity index (χ2n) is 5.73. The molecule has 0 aromatic carbocycles. The molecule has 4 heteroatoms. The Morgan fingerprint density at radius 2 is 1.89 bits per heavy atom. The van der Waals surface area contributed by atoms with Crippen LogP contribution in [-0.2, 0) is 4.79 Å². The summed E-state index contributed by atoms with van der Waals surface area (Å²) in [7, 11) is 2.11. The molecule has 19 heavy (non-hydrogen) atoms. The first-order valence-corrected chi connectivity index (χ1v) is 7.84. The van der Waals surface area contributed by atoms with E-state index in [1.54, 1.807) is 0 Å². The van der Waals surface area contributed by atoms with E-state index in [4.69, 9.17) is 0 Å². The molecule has 1 unspecified atom stereocenters. The van der Waals surface area contributed by atoms with Crippen molar-refractivity contribution >= 4 is 5.91 Å². The summed E-state index contributed by atoms with van der Waals surface area (Å²) in [5.41, 5.74) is 0. The number of nitrogens with zero attached hydrogens (tertiary/aromatic N) is 2. The molecule has 1 saturated heterocycles. The molecule has 0 spiro atoms. The maximum absolute atomic E-state index is 12.0. The average Bonchev–Trinajstić information content (AvgIpc) is 2.43. The Morgan fingerprint density at radius 1 is 1.21 bits per heavy atom. The maximum Gasteiger partial charge on any atom is 0.236 e. The molecule has 1 heterocycles. The van der Waals surface area contributed by atoms with E-state index in [0.29, 0.717) is 6.54 Å². The summed E-state index contributed by atoms with van der Waals surface area (Å²) in [5, 5.41) is 3.35. The highest BCUT2D eigenvalue weighted by Crippen LogP contribution is 2.11. The Bertz CT molecular complexity index is 250. The van der Waals surface area contributed by atoms with Crippen molar-refractivity contribution in [2.24, 2.45) is 5.92 Å². The number of unbranched alkanes of at least 4 members (excludes halogenated alkanes) is 1. The molecule has 0 radical (unpaired) electrons. The van der Waals surface area contributed by atoms with Crippen LogP contribution in [0.15, 0.2) is 0 Å². The predicted octanol–water partition coefficient (Wildman–Crippen LogP) is 1.57. The number of piperazine rings is 1. The Hall–Kier alpha value is -0.610. The van der Waals surface area contributed by atoms with Crippen molar-refractivity contribution in [2.75, 3.05) is 46.3 Å². The van der Waals surface area contributed by atoms with Gasteiger partial charge in [-0.15, -0.1) is 0 Å². The lowest BCUT2D eigenvalue weighted by molar-refractivity contribution is -0.131. The molecule has 4 nitrogen and oxygen atoms in total. The molecular weight excluding hydrogens is 238 g/mol. The second kappa shape index (κ2) is 9.32. The maximum atomic E-state index is 12.0. The summed E-state index contributed by atoms with van der Waals surface area (Å²) in [5.74, 6) is 0.985. The fourth-order valence-electron chi connectivity index (χ4n) is 2.49. The minimum Gasteiger partial charge on any atom is -0.339 e. The van der Waals surface area contributed by atoms with E-state index in [-0.39, 0.29) is 5.91 Å². The van der Waals surface area contributed by atoms with E-state index in [1.165, 1.54) is 25.7 Å². The van der Waals surface area contributed by atoms with Crippen LogP contribution in [0.25, 0.3) is 0 Å². The van der Waals surface area contributed by atoms with E-state index >= 15 is 0 Å². The normalized spacial score (nSPS) is 18.6. The number of carbonyl (C=O) groups excluding carboxylic acids is 1. The van der Waals surface area contributed by atoms with Gasteiger partial charge in [0, 0.05) is 26.2 Å². The molecule has 0 aliphatic carbocycles. The summed E-state index contributed by atoms with van der Waals surface area (Å²) in [6.45, 7) is 9.72. The molecule has 1 aliphatic rings. The monoisotopic (exact) mass is 269 g/mol. The Morgan fingerprint density at radius 3 is 2.47 bits per heavy atom. The van der Waals surface area contributed by atoms with Crippen molar-refractivity contribution in [3.63, 3.8) is 0 Å². The van der Waals surface area contributed by atoms with Crippen LogP contribution in [-0.4, -0.2) is 62.0 Å². The van der Waals surface area contributed by atoms with Gasteiger partial charge in [0.15, 0.2) is 0 Å². The highest BCUT2D eigenvalue weighted by molar-refractivity contribution is 5.78. The van der Waals surface area contributed by atoms with Crippen LogP contribution in [0.5, 0.6) is 0 Å². The van der Waals surface area contributed by atoms with Crippen molar-refractivity contribution in [1.29, 1.82) is 0 Å². The number of carbonyl (C=O) groups is 1. The first kappa shape index (κ1) is 16.4. The number of rotatable bonds is 8. The summed E-state index contributed by atoms with van der Waals surface area (Å²) >= 11 is 0. The van der Waals surface area contributed by atoms with Gasteiger partial charge in [0.25, 0.3) is 0 Å². The van der Waals surface area contributed by atoms with Gasteiger partial charge in [0.1, 0.15) is 0 Å². The molecule has 1 amide bonds. The van der Waals surface area contributed by atoms with Gasteiger partial charge < -0.3 is 15.1 Å². The van der Waals surface area contributed by atoms with Gasteiger partial charge in [-0.2, -0.15) is 0 Å². The Labute approximate surface area is 118 Å². The lowest BCUT2D eigenvalue weighted by Gasteiger charge is -2.32. The van der Waals surface area contributed by atoms with Crippen molar-refractivity contribution < 1.29 is 4.79 Å². The Balaban J connectivity index is 2.15. The van der Waals surface area contributed by atoms with Gasteiger partial charge in [0.05, 0.1) is 6.54 Å². The van der Waals surface area contributed by atoms with Gasteiger partial charge in [-0.1, -0.05) is 33.1 Å². The molecule has 1 aliphatic heterocycles. The lowest BCUT2D eigenvalue weighted by atomic mass is 9.99. The highest BCUT2D eigenvalue weighted by Gasteiger charge is 2.18. The number of likely N-dealkylation sites (N-methyl/N-ethyl adjacent to an activating group) is 1. The van der Waals surface area contributed by atoms with E-state index in [1.807, 2.05) is 4.90 Å². The van der Waals surface area contributed by atoms with E-state index in [9.17, 15) is 4.79 Å². The fourth-order valence-corrected chi connectivity index (χ4v) is 2.49. The van der Waals surface area contributed by atoms with Crippen LogP contribution in [0.1, 0.15) is 39.5 Å². The lowest BCUT2D eigenvalue weighted by Crippen LogP contribution is -2.49. The van der Waals surface area contributed by atoms with Crippen molar-refractivity contribution in [2.45, 2.75) is 39.5 Å². The third-order valence-electron chi connectivity index (χ3n) is 4.11. The molecule has 0 aromatic rings. The summed E-state index contributed by atoms with van der Waals surface area (Å²) < 4.78 is 0. The van der Waals surface area contributed by atoms with Crippen molar-refractivity contribution in [3.8, 4) is 0 Å². The minimum atomic E-state index is 0.262. The molecule has 1 N–H and O–H groups in total. The van der Waals surface area contributed by atoms with Crippen LogP contribution >= 0.6 is 0 Å². The van der Waals surface area contributed by atoms with Crippen LogP contribution in [0.4, 0.5) is 0 Å². The molecule has 0 saturated carbocycles. The van der Waals surface area contributed by atoms with Gasteiger partial charge in [-0.25, -0.2) is 0 Å². The molecule has 0 aromatic heterocycles. The standard InChI is InChI=1S/C15H31N3O/c1-4-6-7-14(5-2)12-16-13-15(19)18-10-8-17(3)9-11-18/h14,16H,4-13H2,1-3H3. The molecule has 1 rings (SSSR count). The number of hydrogen-bond acceptors (Lipinski definition) is 3. The van der Waals surface area contributed by atoms with Crippen LogP contribution in [0.2, 0.25) is 0 Å². The highest BCUT2D eigenvalue weighted by atomic mass is 16.2. The van der Waals surface area contributed by atoms with Gasteiger partial charge >= 0.3 is 0 Å². The van der Waals surface area contributed by atoms with E-state index in [2.05, 4.69) is 31.1 Å². The zero-order chi connectivity index (χ0) is 14.1. The van der Waals surface area contributed by atoms with Crippen LogP contribution in [0.3, 0.4) is 0 Å². The zero-order valence-corrected chi connectivity index (χ0v) is 13.0.